The zero-order chi connectivity index (χ0) is 54.2. The van der Waals surface area contributed by atoms with Crippen molar-refractivity contribution < 1.29 is 109 Å². The van der Waals surface area contributed by atoms with Crippen molar-refractivity contribution in [1.82, 2.24) is 0 Å². The average Bonchev–Trinajstić information content (AvgIpc) is 3.74. The fourth-order valence-corrected chi connectivity index (χ4v) is 15.5. The highest BCUT2D eigenvalue weighted by molar-refractivity contribution is 5.62. The van der Waals surface area contributed by atoms with Crippen LogP contribution in [-0.2, 0) is 42.7 Å². The molecule has 74 heavy (non-hydrogen) atoms. The van der Waals surface area contributed by atoms with Crippen molar-refractivity contribution in [2.45, 2.75) is 234 Å². The zero-order valence-corrected chi connectivity index (χ0v) is 43.5. The molecule has 8 fully saturated rings. The van der Waals surface area contributed by atoms with Gasteiger partial charge in [-0.05, 0) is 118 Å². The van der Waals surface area contributed by atoms with E-state index in [1.807, 2.05) is 0 Å². The maximum absolute atomic E-state index is 14.2. The number of carbonyl (C=O) groups is 1. The van der Waals surface area contributed by atoms with E-state index in [4.69, 9.17) is 37.9 Å². The van der Waals surface area contributed by atoms with Crippen LogP contribution in [0.25, 0.3) is 0 Å². The Labute approximate surface area is 432 Å². The third kappa shape index (κ3) is 10.1. The summed E-state index contributed by atoms with van der Waals surface area (Å²) in [6, 6.07) is 0. The molecule has 0 bridgehead atoms. The molecule has 4 saturated heterocycles. The third-order valence-electron chi connectivity index (χ3n) is 20.2. The fraction of sp³-hybridized carbons (Fsp3) is 0.942. The molecular weight excluding hydrogens is 977 g/mol. The Morgan fingerprint density at radius 2 is 1.31 bits per heavy atom. The van der Waals surface area contributed by atoms with E-state index in [1.54, 1.807) is 6.92 Å². The Morgan fingerprint density at radius 3 is 1.99 bits per heavy atom. The summed E-state index contributed by atoms with van der Waals surface area (Å²) in [5, 5.41) is 140. The van der Waals surface area contributed by atoms with Gasteiger partial charge in [0.15, 0.2) is 25.2 Å². The van der Waals surface area contributed by atoms with Gasteiger partial charge in [0, 0.05) is 5.41 Å². The number of aldehydes is 1. The number of rotatable bonds is 16. The van der Waals surface area contributed by atoms with Crippen LogP contribution in [0.4, 0.5) is 0 Å². The summed E-state index contributed by atoms with van der Waals surface area (Å²) in [6.45, 7) is 14.0. The molecule has 8 rings (SSSR count). The minimum absolute atomic E-state index is 0.0552. The van der Waals surface area contributed by atoms with Crippen LogP contribution >= 0.6 is 0 Å². The predicted molar refractivity (Wildman–Crippen MR) is 255 cm³/mol. The summed E-state index contributed by atoms with van der Waals surface area (Å²) < 4.78 is 48.6. The summed E-state index contributed by atoms with van der Waals surface area (Å²) in [5.41, 5.74) is -3.30. The second-order valence-corrected chi connectivity index (χ2v) is 24.4. The smallest absolute Gasteiger partial charge is 0.187 e. The molecule has 0 aromatic carbocycles. The van der Waals surface area contributed by atoms with Gasteiger partial charge in [-0.2, -0.15) is 0 Å². The van der Waals surface area contributed by atoms with Gasteiger partial charge in [0.1, 0.15) is 85.6 Å². The highest BCUT2D eigenvalue weighted by atomic mass is 16.8. The Balaban J connectivity index is 1.03. The van der Waals surface area contributed by atoms with E-state index in [0.29, 0.717) is 44.1 Å². The summed E-state index contributed by atoms with van der Waals surface area (Å²) >= 11 is 0. The lowest BCUT2D eigenvalue weighted by Crippen LogP contribution is -2.67. The molecule has 8 aliphatic rings. The van der Waals surface area contributed by atoms with E-state index in [2.05, 4.69) is 34.3 Å². The minimum atomic E-state index is -1.77. The molecule has 0 aromatic heterocycles. The Hall–Kier alpha value is -1.43. The molecule has 22 nitrogen and oxygen atoms in total. The van der Waals surface area contributed by atoms with E-state index in [1.165, 1.54) is 6.92 Å². The summed E-state index contributed by atoms with van der Waals surface area (Å²) in [6.07, 6.45) is -22.4. The van der Waals surface area contributed by atoms with Gasteiger partial charge < -0.3 is 109 Å². The molecule has 0 unspecified atom stereocenters. The number of ether oxygens (including phenoxy) is 8. The van der Waals surface area contributed by atoms with Crippen molar-refractivity contribution >= 4 is 6.29 Å². The lowest BCUT2D eigenvalue weighted by atomic mass is 9.35. The molecule has 4 aliphatic carbocycles. The van der Waals surface area contributed by atoms with Crippen molar-refractivity contribution in [2.24, 2.45) is 45.3 Å². The minimum Gasteiger partial charge on any atom is -0.394 e. The van der Waals surface area contributed by atoms with Crippen LogP contribution in [0.5, 0.6) is 0 Å². The van der Waals surface area contributed by atoms with E-state index >= 15 is 0 Å². The van der Waals surface area contributed by atoms with Gasteiger partial charge in [-0.1, -0.05) is 39.8 Å². The summed E-state index contributed by atoms with van der Waals surface area (Å²) in [7, 11) is 0. The first kappa shape index (κ1) is 58.7. The maximum Gasteiger partial charge on any atom is 0.187 e. The van der Waals surface area contributed by atoms with Crippen molar-refractivity contribution in [2.75, 3.05) is 26.4 Å². The van der Waals surface area contributed by atoms with Gasteiger partial charge in [0.05, 0.1) is 50.3 Å². The van der Waals surface area contributed by atoms with Crippen molar-refractivity contribution in [3.8, 4) is 0 Å². The fourth-order valence-electron chi connectivity index (χ4n) is 15.5. The molecule has 4 aliphatic heterocycles. The molecule has 0 spiro atoms. The summed E-state index contributed by atoms with van der Waals surface area (Å²) in [5.74, 6) is -0.680. The maximum atomic E-state index is 14.2. The average molecular weight is 1060 g/mol. The van der Waals surface area contributed by atoms with Gasteiger partial charge in [-0.25, -0.2) is 0 Å². The number of fused-ring (bicyclic) bond motifs is 5. The van der Waals surface area contributed by atoms with Crippen LogP contribution in [0, 0.1) is 45.3 Å². The predicted octanol–water partition coefficient (Wildman–Crippen LogP) is -1.75. The molecule has 13 N–H and O–H groups in total. The summed E-state index contributed by atoms with van der Waals surface area (Å²) in [4.78, 5) is 14.2. The highest BCUT2D eigenvalue weighted by Crippen LogP contribution is 2.76. The topological polar surface area (TPSA) is 354 Å². The molecule has 426 valence electrons. The van der Waals surface area contributed by atoms with Gasteiger partial charge in [0.2, 0.25) is 0 Å². The van der Waals surface area contributed by atoms with Gasteiger partial charge in [-0.3, -0.25) is 0 Å². The lowest BCUT2D eigenvalue weighted by molar-refractivity contribution is -0.383. The molecule has 4 saturated carbocycles. The second kappa shape index (κ2) is 22.2. The van der Waals surface area contributed by atoms with Gasteiger partial charge >= 0.3 is 0 Å². The molecule has 0 amide bonds. The Morgan fingerprint density at radius 1 is 0.689 bits per heavy atom. The van der Waals surface area contributed by atoms with Crippen molar-refractivity contribution in [1.29, 1.82) is 0 Å². The number of hydrogen-bond donors (Lipinski definition) is 13. The molecule has 0 radical (unpaired) electrons. The van der Waals surface area contributed by atoms with Crippen LogP contribution in [0.15, 0.2) is 12.2 Å². The molecule has 22 heteroatoms. The van der Waals surface area contributed by atoms with Crippen molar-refractivity contribution in [3.05, 3.63) is 12.2 Å². The zero-order valence-electron chi connectivity index (χ0n) is 43.5. The first-order valence-corrected chi connectivity index (χ1v) is 26.8. The van der Waals surface area contributed by atoms with E-state index in [0.717, 1.165) is 19.1 Å². The largest absolute Gasteiger partial charge is 0.394 e. The van der Waals surface area contributed by atoms with Crippen LogP contribution in [0.2, 0.25) is 0 Å². The SMILES string of the molecule is C=C(C)[C@H](O)CC[C@@](O)(CO[C@@H]1O[C@H](CO)[C@@H](O)[C@@H](O)[C@@H]1O)[C@@H]1CC[C@@]2(C)[C@@H]1CC[C@H]1[C@@]3(C=O)CC[C@H](O[C@H]4OC[C@@H](O)[C@H](O[C@@H]5OC[C@H](O)[C@H](O)[C@@H]5O)[C@H]4O[C@H]4O[C@@H](C)[C@H](O)[C@@H](O)[C@@H]4O)C(C)(C)[C@H]3CC[C@]12C. The van der Waals surface area contributed by atoms with Crippen LogP contribution in [0.3, 0.4) is 0 Å². The van der Waals surface area contributed by atoms with Gasteiger partial charge in [0.25, 0.3) is 0 Å². The van der Waals surface area contributed by atoms with Crippen LogP contribution < -0.4 is 0 Å². The highest BCUT2D eigenvalue weighted by Gasteiger charge is 2.71. The van der Waals surface area contributed by atoms with Gasteiger partial charge in [-0.15, -0.1) is 0 Å². The quantitative estimate of drug-likeness (QED) is 0.0463. The standard InChI is InChI=1S/C52H86O22/c1-23(2)27(55)11-17-52(66,22-69-45-40(64)38(62)36(60)30(18-53)71-45)26-10-14-49(6)25(26)8-9-32-50(49,7)15-12-31-48(4,5)33(13-16-51(31,32)21-54)72-47-43(74-46-41(65)37(61)34(58)24(3)70-46)42(29(57)20-68-47)73-44-39(63)35(59)28(56)19-67-44/h21,24-47,53,55-66H,1,8-20,22H2,2-7H3/t24-,25+,26+,27+,28-,29+,30+,31+,32+,33-,34-,35-,36+,37+,38+,39-,40-,41-,42-,43+,44-,45+,46+,47+,49-,50+,51+,52+/m0/s1. The second-order valence-electron chi connectivity index (χ2n) is 24.4. The number of aliphatic hydroxyl groups excluding tert-OH is 12. The van der Waals surface area contributed by atoms with Crippen LogP contribution in [-0.4, -0.2) is 228 Å². The van der Waals surface area contributed by atoms with E-state index < -0.39 is 152 Å². The van der Waals surface area contributed by atoms with Crippen molar-refractivity contribution in [3.63, 3.8) is 0 Å². The first-order chi connectivity index (χ1) is 34.7. The molecular formula is C52H86O22. The first-order valence-electron chi connectivity index (χ1n) is 26.8. The number of hydrogen-bond acceptors (Lipinski definition) is 22. The van der Waals surface area contributed by atoms with Crippen LogP contribution in [0.1, 0.15) is 106 Å². The Kier molecular flexibility index (Phi) is 17.7. The number of aliphatic hydroxyl groups is 13. The molecule has 28 atom stereocenters. The Bertz CT molecular complexity index is 1930. The normalized spacial score (nSPS) is 51.7. The van der Waals surface area contributed by atoms with E-state index in [9.17, 15) is 71.2 Å². The molecule has 0 aromatic rings. The van der Waals surface area contributed by atoms with E-state index in [-0.39, 0.29) is 60.6 Å². The number of carbonyl (C=O) groups excluding carboxylic acids is 1. The lowest BCUT2D eigenvalue weighted by Gasteiger charge is -2.69. The monoisotopic (exact) mass is 1060 g/mol. The third-order valence-corrected chi connectivity index (χ3v) is 20.2. The molecule has 4 heterocycles.